The normalized spacial score (nSPS) is 27.7. The molecule has 0 bridgehead atoms. The smallest absolute Gasteiger partial charge is 0.225 e. The summed E-state index contributed by atoms with van der Waals surface area (Å²) in [5, 5.41) is 6.69. The van der Waals surface area contributed by atoms with Crippen molar-refractivity contribution in [3.8, 4) is 0 Å². The van der Waals surface area contributed by atoms with E-state index in [1.807, 2.05) is 0 Å². The molecule has 3 heteroatoms. The van der Waals surface area contributed by atoms with Gasteiger partial charge >= 0.3 is 0 Å². The summed E-state index contributed by atoms with van der Waals surface area (Å²) in [4.78, 5) is 12.2. The maximum atomic E-state index is 12.2. The minimum absolute atomic E-state index is 0.0851. The number of hydrogen-bond acceptors (Lipinski definition) is 2. The Kier molecular flexibility index (Phi) is 5.04. The highest BCUT2D eigenvalue weighted by atomic mass is 16.2. The van der Waals surface area contributed by atoms with Gasteiger partial charge in [-0.15, -0.1) is 0 Å². The van der Waals surface area contributed by atoms with Gasteiger partial charge in [0, 0.05) is 18.0 Å². The maximum absolute atomic E-state index is 12.2. The Morgan fingerprint density at radius 3 is 2.67 bits per heavy atom. The number of hydrogen-bond donors (Lipinski definition) is 2. The first-order valence-electron chi connectivity index (χ1n) is 7.72. The molecule has 1 unspecified atom stereocenters. The topological polar surface area (TPSA) is 41.1 Å². The summed E-state index contributed by atoms with van der Waals surface area (Å²) in [6.07, 6.45) is 10.9. The molecule has 2 N–H and O–H groups in total. The van der Waals surface area contributed by atoms with E-state index in [1.165, 1.54) is 38.5 Å². The summed E-state index contributed by atoms with van der Waals surface area (Å²) in [7, 11) is 0. The molecular weight excluding hydrogens is 224 g/mol. The van der Waals surface area contributed by atoms with Crippen molar-refractivity contribution in [3.63, 3.8) is 0 Å². The Balaban J connectivity index is 1.67. The standard InChI is InChI=1S/C15H28N2O/c1-15(9-4-2-5-10-15)14(18)17-12-8-13-7-3-6-11-16-13/h13,16H,2-12H2,1H3,(H,17,18). The molecule has 0 spiro atoms. The van der Waals surface area contributed by atoms with E-state index in [0.29, 0.717) is 6.04 Å². The van der Waals surface area contributed by atoms with E-state index in [4.69, 9.17) is 0 Å². The van der Waals surface area contributed by atoms with Gasteiger partial charge in [-0.05, 0) is 38.6 Å². The molecule has 0 radical (unpaired) electrons. The van der Waals surface area contributed by atoms with Crippen LogP contribution < -0.4 is 10.6 Å². The van der Waals surface area contributed by atoms with Gasteiger partial charge in [0.05, 0.1) is 0 Å². The lowest BCUT2D eigenvalue weighted by Crippen LogP contribution is -2.43. The number of rotatable bonds is 4. The summed E-state index contributed by atoms with van der Waals surface area (Å²) >= 11 is 0. The molecule has 2 rings (SSSR count). The van der Waals surface area contributed by atoms with Gasteiger partial charge in [-0.25, -0.2) is 0 Å². The van der Waals surface area contributed by atoms with E-state index in [1.54, 1.807) is 0 Å². The second-order valence-corrected chi connectivity index (χ2v) is 6.31. The Morgan fingerprint density at radius 1 is 1.22 bits per heavy atom. The predicted molar refractivity (Wildman–Crippen MR) is 74.5 cm³/mol. The van der Waals surface area contributed by atoms with Gasteiger partial charge in [-0.3, -0.25) is 4.79 Å². The Hall–Kier alpha value is -0.570. The highest BCUT2D eigenvalue weighted by Crippen LogP contribution is 2.35. The predicted octanol–water partition coefficient (Wildman–Crippen LogP) is 2.61. The molecule has 1 atom stereocenters. The Labute approximate surface area is 111 Å². The molecule has 0 aromatic heterocycles. The fraction of sp³-hybridized carbons (Fsp3) is 0.933. The van der Waals surface area contributed by atoms with Crippen LogP contribution in [0.1, 0.15) is 64.7 Å². The maximum Gasteiger partial charge on any atom is 0.225 e. The van der Waals surface area contributed by atoms with E-state index < -0.39 is 0 Å². The second kappa shape index (κ2) is 6.55. The van der Waals surface area contributed by atoms with E-state index in [9.17, 15) is 4.79 Å². The molecule has 2 aliphatic rings. The zero-order valence-corrected chi connectivity index (χ0v) is 11.8. The average Bonchev–Trinajstić information content (AvgIpc) is 2.41. The van der Waals surface area contributed by atoms with Crippen molar-refractivity contribution in [1.29, 1.82) is 0 Å². The first-order valence-corrected chi connectivity index (χ1v) is 7.72. The third kappa shape index (κ3) is 3.71. The lowest BCUT2D eigenvalue weighted by Gasteiger charge is -2.32. The molecule has 1 amide bonds. The Bertz CT molecular complexity index is 266. The minimum Gasteiger partial charge on any atom is -0.356 e. The highest BCUT2D eigenvalue weighted by molar-refractivity contribution is 5.82. The quantitative estimate of drug-likeness (QED) is 0.807. The number of piperidine rings is 1. The number of amides is 1. The molecule has 1 aliphatic heterocycles. The van der Waals surface area contributed by atoms with E-state index in [0.717, 1.165) is 32.4 Å². The van der Waals surface area contributed by atoms with Crippen molar-refractivity contribution >= 4 is 5.91 Å². The van der Waals surface area contributed by atoms with Gasteiger partial charge in [0.15, 0.2) is 0 Å². The van der Waals surface area contributed by atoms with Gasteiger partial charge < -0.3 is 10.6 Å². The Morgan fingerprint density at radius 2 is 2.00 bits per heavy atom. The molecule has 1 saturated heterocycles. The summed E-state index contributed by atoms with van der Waals surface area (Å²) in [5.41, 5.74) is -0.0851. The first-order chi connectivity index (χ1) is 8.71. The van der Waals surface area contributed by atoms with Crippen LogP contribution in [0.5, 0.6) is 0 Å². The number of carbonyl (C=O) groups is 1. The summed E-state index contributed by atoms with van der Waals surface area (Å²) in [6, 6.07) is 0.623. The van der Waals surface area contributed by atoms with Crippen molar-refractivity contribution in [1.82, 2.24) is 10.6 Å². The summed E-state index contributed by atoms with van der Waals surface area (Å²) in [5.74, 6) is 0.290. The van der Waals surface area contributed by atoms with Crippen molar-refractivity contribution in [2.75, 3.05) is 13.1 Å². The molecule has 1 saturated carbocycles. The van der Waals surface area contributed by atoms with E-state index in [2.05, 4.69) is 17.6 Å². The van der Waals surface area contributed by atoms with Crippen molar-refractivity contribution in [3.05, 3.63) is 0 Å². The van der Waals surface area contributed by atoms with Gasteiger partial charge in [0.2, 0.25) is 5.91 Å². The molecule has 2 fully saturated rings. The van der Waals surface area contributed by atoms with Gasteiger partial charge in [0.1, 0.15) is 0 Å². The third-order valence-corrected chi connectivity index (χ3v) is 4.70. The average molecular weight is 252 g/mol. The monoisotopic (exact) mass is 252 g/mol. The van der Waals surface area contributed by atoms with Crippen molar-refractivity contribution in [2.24, 2.45) is 5.41 Å². The molecule has 1 heterocycles. The van der Waals surface area contributed by atoms with Crippen LogP contribution in [0.4, 0.5) is 0 Å². The lowest BCUT2D eigenvalue weighted by atomic mass is 9.75. The van der Waals surface area contributed by atoms with Crippen LogP contribution in [-0.4, -0.2) is 25.0 Å². The zero-order chi connectivity index (χ0) is 12.8. The summed E-state index contributed by atoms with van der Waals surface area (Å²) in [6.45, 7) is 4.13. The minimum atomic E-state index is -0.0851. The van der Waals surface area contributed by atoms with Crippen LogP contribution in [-0.2, 0) is 4.79 Å². The molecule has 104 valence electrons. The molecule has 1 aliphatic carbocycles. The molecule has 3 nitrogen and oxygen atoms in total. The SMILES string of the molecule is CC1(C(=O)NCCC2CCCCN2)CCCCC1. The van der Waals surface area contributed by atoms with E-state index >= 15 is 0 Å². The number of carbonyl (C=O) groups excluding carboxylic acids is 1. The van der Waals surface area contributed by atoms with E-state index in [-0.39, 0.29) is 11.3 Å². The first kappa shape index (κ1) is 13.9. The molecule has 0 aromatic rings. The number of nitrogens with one attached hydrogen (secondary N) is 2. The van der Waals surface area contributed by atoms with Crippen molar-refractivity contribution < 1.29 is 4.79 Å². The fourth-order valence-corrected chi connectivity index (χ4v) is 3.30. The highest BCUT2D eigenvalue weighted by Gasteiger charge is 2.34. The van der Waals surface area contributed by atoms with Crippen LogP contribution >= 0.6 is 0 Å². The third-order valence-electron chi connectivity index (χ3n) is 4.70. The lowest BCUT2D eigenvalue weighted by molar-refractivity contribution is -0.131. The van der Waals surface area contributed by atoms with Crippen LogP contribution in [0.15, 0.2) is 0 Å². The van der Waals surface area contributed by atoms with Gasteiger partial charge in [0.25, 0.3) is 0 Å². The van der Waals surface area contributed by atoms with Crippen LogP contribution in [0.25, 0.3) is 0 Å². The second-order valence-electron chi connectivity index (χ2n) is 6.31. The van der Waals surface area contributed by atoms with Gasteiger partial charge in [-0.1, -0.05) is 32.6 Å². The zero-order valence-electron chi connectivity index (χ0n) is 11.8. The summed E-state index contributed by atoms with van der Waals surface area (Å²) < 4.78 is 0. The van der Waals surface area contributed by atoms with Crippen LogP contribution in [0.3, 0.4) is 0 Å². The van der Waals surface area contributed by atoms with Crippen LogP contribution in [0.2, 0.25) is 0 Å². The molecule has 18 heavy (non-hydrogen) atoms. The fourth-order valence-electron chi connectivity index (χ4n) is 3.30. The molecular formula is C15H28N2O. The molecule has 0 aromatic carbocycles. The largest absolute Gasteiger partial charge is 0.356 e. The van der Waals surface area contributed by atoms with Crippen molar-refractivity contribution in [2.45, 2.75) is 70.8 Å². The van der Waals surface area contributed by atoms with Gasteiger partial charge in [-0.2, -0.15) is 0 Å². The van der Waals surface area contributed by atoms with Crippen LogP contribution in [0, 0.1) is 5.41 Å².